The van der Waals surface area contributed by atoms with Gasteiger partial charge in [-0.25, -0.2) is 0 Å². The second kappa shape index (κ2) is 4.50. The third-order valence-corrected chi connectivity index (χ3v) is 5.43. The van der Waals surface area contributed by atoms with E-state index in [-0.39, 0.29) is 6.42 Å². The van der Waals surface area contributed by atoms with E-state index in [4.69, 9.17) is 4.74 Å². The molecule has 1 aliphatic heterocycles. The van der Waals surface area contributed by atoms with Crippen LogP contribution in [0.25, 0.3) is 0 Å². The Hall–Kier alpha value is -1.02. The molecule has 0 amide bonds. The van der Waals surface area contributed by atoms with E-state index in [2.05, 4.69) is 0 Å². The van der Waals surface area contributed by atoms with Crippen LogP contribution in [0, 0.1) is 5.41 Å². The van der Waals surface area contributed by atoms with Gasteiger partial charge in [0.05, 0.1) is 12.0 Å². The molecule has 0 unspecified atom stereocenters. The molecule has 0 aromatic heterocycles. The molecule has 0 spiro atoms. The number of benzene rings is 1. The average molecular weight is 310 g/mol. The van der Waals surface area contributed by atoms with Gasteiger partial charge in [0.2, 0.25) is 5.79 Å². The standard InChI is InChI=1S/C16H22O6/c1-13(2)15(20)14(19,8-10-6-4-3-5-7-10)12(11(18)9-17)22-16(13,15)21/h3-7,11-12,17-21H,8-9H2,1-2H3/t11-,12-,14+,15-,16+/m1/s1. The van der Waals surface area contributed by atoms with E-state index >= 15 is 0 Å². The van der Waals surface area contributed by atoms with Crippen LogP contribution in [0.5, 0.6) is 0 Å². The highest BCUT2D eigenvalue weighted by Gasteiger charge is 2.96. The zero-order valence-corrected chi connectivity index (χ0v) is 12.6. The third kappa shape index (κ3) is 1.55. The van der Waals surface area contributed by atoms with Gasteiger partial charge in [-0.05, 0) is 5.56 Å². The van der Waals surface area contributed by atoms with Crippen molar-refractivity contribution in [3.63, 3.8) is 0 Å². The van der Waals surface area contributed by atoms with Crippen molar-refractivity contribution < 1.29 is 30.3 Å². The van der Waals surface area contributed by atoms with E-state index < -0.39 is 41.2 Å². The van der Waals surface area contributed by atoms with Crippen molar-refractivity contribution in [2.75, 3.05) is 6.61 Å². The number of hydrogen-bond acceptors (Lipinski definition) is 6. The van der Waals surface area contributed by atoms with E-state index in [0.29, 0.717) is 0 Å². The highest BCUT2D eigenvalue weighted by molar-refractivity contribution is 5.41. The molecule has 5 atom stereocenters. The van der Waals surface area contributed by atoms with E-state index in [0.717, 1.165) is 5.56 Å². The van der Waals surface area contributed by atoms with Crippen LogP contribution in [-0.2, 0) is 11.2 Å². The van der Waals surface area contributed by atoms with Gasteiger partial charge in [0.15, 0.2) is 5.60 Å². The van der Waals surface area contributed by atoms with Crippen LogP contribution in [0.1, 0.15) is 19.4 Å². The molecule has 0 bridgehead atoms. The maximum absolute atomic E-state index is 11.2. The minimum Gasteiger partial charge on any atom is -0.394 e. The Bertz CT molecular complexity index is 575. The SMILES string of the molecule is CC1(C)[C@]2(O)[C@@]1(O)O[C@H]([C@H](O)CO)[C@@]2(O)Cc1ccccc1. The van der Waals surface area contributed by atoms with Crippen molar-refractivity contribution in [3.05, 3.63) is 35.9 Å². The summed E-state index contributed by atoms with van der Waals surface area (Å²) in [5.74, 6) is -1.95. The molecule has 2 fully saturated rings. The molecule has 6 nitrogen and oxygen atoms in total. The first kappa shape index (κ1) is 15.9. The fraction of sp³-hybridized carbons (Fsp3) is 0.625. The molecule has 2 aliphatic rings. The highest BCUT2D eigenvalue weighted by atomic mass is 16.7. The maximum atomic E-state index is 11.2. The fourth-order valence-corrected chi connectivity index (χ4v) is 3.97. The van der Waals surface area contributed by atoms with Gasteiger partial charge in [0.25, 0.3) is 0 Å². The van der Waals surface area contributed by atoms with E-state index in [1.807, 2.05) is 6.07 Å². The number of ether oxygens (including phenoxy) is 1. The van der Waals surface area contributed by atoms with Crippen molar-refractivity contribution in [2.24, 2.45) is 5.41 Å². The van der Waals surface area contributed by atoms with Crippen molar-refractivity contribution in [1.29, 1.82) is 0 Å². The lowest BCUT2D eigenvalue weighted by molar-refractivity contribution is -0.216. The summed E-state index contributed by atoms with van der Waals surface area (Å²) < 4.78 is 5.43. The summed E-state index contributed by atoms with van der Waals surface area (Å²) in [6.45, 7) is 2.53. The number of hydrogen-bond donors (Lipinski definition) is 5. The average Bonchev–Trinajstić information content (AvgIpc) is 2.73. The van der Waals surface area contributed by atoms with Crippen LogP contribution in [0.3, 0.4) is 0 Å². The molecule has 5 N–H and O–H groups in total. The summed E-state index contributed by atoms with van der Waals surface area (Å²) in [5, 5.41) is 51.8. The molecule has 1 saturated heterocycles. The van der Waals surface area contributed by atoms with Gasteiger partial charge in [-0.3, -0.25) is 0 Å². The lowest BCUT2D eigenvalue weighted by Gasteiger charge is -2.39. The summed E-state index contributed by atoms with van der Waals surface area (Å²) in [5.41, 5.74) is -4.21. The molecule has 122 valence electrons. The minimum atomic E-state index is -1.95. The van der Waals surface area contributed by atoms with E-state index in [1.54, 1.807) is 38.1 Å². The van der Waals surface area contributed by atoms with Crippen molar-refractivity contribution >= 4 is 0 Å². The Kier molecular flexibility index (Phi) is 3.25. The summed E-state index contributed by atoms with van der Waals surface area (Å²) in [7, 11) is 0. The van der Waals surface area contributed by atoms with E-state index in [9.17, 15) is 25.5 Å². The topological polar surface area (TPSA) is 110 Å². The van der Waals surface area contributed by atoms with Gasteiger partial charge < -0.3 is 30.3 Å². The first-order chi connectivity index (χ1) is 10.2. The number of aliphatic hydroxyl groups is 5. The highest BCUT2D eigenvalue weighted by Crippen LogP contribution is 2.75. The van der Waals surface area contributed by atoms with Crippen molar-refractivity contribution in [1.82, 2.24) is 0 Å². The monoisotopic (exact) mass is 310 g/mol. The zero-order valence-electron chi connectivity index (χ0n) is 12.6. The Morgan fingerprint density at radius 2 is 1.73 bits per heavy atom. The van der Waals surface area contributed by atoms with Gasteiger partial charge in [0.1, 0.15) is 17.8 Å². The second-order valence-electron chi connectivity index (χ2n) is 6.85. The van der Waals surface area contributed by atoms with Gasteiger partial charge in [-0.2, -0.15) is 0 Å². The normalized spacial score (nSPS) is 43.7. The van der Waals surface area contributed by atoms with Gasteiger partial charge in [0, 0.05) is 6.42 Å². The van der Waals surface area contributed by atoms with Crippen LogP contribution < -0.4 is 0 Å². The molecule has 22 heavy (non-hydrogen) atoms. The Balaban J connectivity index is 2.03. The quantitative estimate of drug-likeness (QED) is 0.497. The predicted octanol–water partition coefficient (Wildman–Crippen LogP) is -0.828. The first-order valence-electron chi connectivity index (χ1n) is 7.33. The summed E-state index contributed by atoms with van der Waals surface area (Å²) in [4.78, 5) is 0. The molecule has 0 radical (unpaired) electrons. The van der Waals surface area contributed by atoms with Crippen molar-refractivity contribution in [2.45, 2.75) is 49.5 Å². The molecule has 1 aromatic carbocycles. The van der Waals surface area contributed by atoms with Gasteiger partial charge in [-0.1, -0.05) is 44.2 Å². The molecule has 1 aromatic rings. The second-order valence-corrected chi connectivity index (χ2v) is 6.85. The summed E-state index contributed by atoms with van der Waals surface area (Å²) in [6.07, 6.45) is -2.72. The minimum absolute atomic E-state index is 0.0161. The third-order valence-electron chi connectivity index (χ3n) is 5.43. The smallest absolute Gasteiger partial charge is 0.207 e. The van der Waals surface area contributed by atoms with Crippen LogP contribution in [-0.4, -0.2) is 61.3 Å². The maximum Gasteiger partial charge on any atom is 0.207 e. The van der Waals surface area contributed by atoms with Gasteiger partial charge >= 0.3 is 0 Å². The Labute approximate surface area is 128 Å². The lowest BCUT2D eigenvalue weighted by Crippen LogP contribution is -2.59. The predicted molar refractivity (Wildman–Crippen MR) is 76.7 cm³/mol. The number of rotatable bonds is 4. The lowest BCUT2D eigenvalue weighted by atomic mass is 9.77. The van der Waals surface area contributed by atoms with Crippen molar-refractivity contribution in [3.8, 4) is 0 Å². The van der Waals surface area contributed by atoms with Crippen LogP contribution >= 0.6 is 0 Å². The molecular formula is C16H22O6. The largest absolute Gasteiger partial charge is 0.394 e. The number of fused-ring (bicyclic) bond motifs is 1. The summed E-state index contributed by atoms with van der Waals surface area (Å²) in [6, 6.07) is 8.96. The summed E-state index contributed by atoms with van der Waals surface area (Å²) >= 11 is 0. The zero-order chi connectivity index (χ0) is 16.4. The molecule has 1 saturated carbocycles. The van der Waals surface area contributed by atoms with Crippen LogP contribution in [0.2, 0.25) is 0 Å². The Morgan fingerprint density at radius 1 is 1.14 bits per heavy atom. The molecule has 1 heterocycles. The first-order valence-corrected chi connectivity index (χ1v) is 7.33. The Morgan fingerprint density at radius 3 is 2.27 bits per heavy atom. The fourth-order valence-electron chi connectivity index (χ4n) is 3.97. The van der Waals surface area contributed by atoms with Gasteiger partial charge in [-0.15, -0.1) is 0 Å². The van der Waals surface area contributed by atoms with Crippen LogP contribution in [0.15, 0.2) is 30.3 Å². The molecule has 1 aliphatic carbocycles. The van der Waals surface area contributed by atoms with E-state index in [1.165, 1.54) is 0 Å². The van der Waals surface area contributed by atoms with Crippen LogP contribution in [0.4, 0.5) is 0 Å². The molecule has 3 rings (SSSR count). The molecule has 6 heteroatoms. The molecular weight excluding hydrogens is 288 g/mol. The number of aliphatic hydroxyl groups excluding tert-OH is 2.